The van der Waals surface area contributed by atoms with E-state index in [9.17, 15) is 19.2 Å². The van der Waals surface area contributed by atoms with Gasteiger partial charge in [0, 0.05) is 11.8 Å². The molecule has 3 rings (SSSR count). The van der Waals surface area contributed by atoms with Crippen LogP contribution >= 0.6 is 0 Å². The molecule has 0 spiro atoms. The second kappa shape index (κ2) is 16.9. The Balaban J connectivity index is 2.08. The first-order valence-corrected chi connectivity index (χ1v) is 18.0. The molecule has 0 unspecified atom stereocenters. The molecule has 0 bridgehead atoms. The third-order valence-electron chi connectivity index (χ3n) is 8.09. The minimum Gasteiger partial charge on any atom is -0.460 e. The van der Waals surface area contributed by atoms with Crippen LogP contribution in [0.25, 0.3) is 0 Å². The van der Waals surface area contributed by atoms with E-state index in [4.69, 9.17) is 14.2 Å². The van der Waals surface area contributed by atoms with Gasteiger partial charge in [-0.2, -0.15) is 0 Å². The monoisotopic (exact) mass is 714 g/mol. The minimum atomic E-state index is -1.23. The van der Waals surface area contributed by atoms with Gasteiger partial charge in [-0.15, -0.1) is 0 Å². The molecule has 0 saturated carbocycles. The first kappa shape index (κ1) is 41.9. The maximum Gasteiger partial charge on any atom is 0.329 e. The van der Waals surface area contributed by atoms with Crippen molar-refractivity contribution in [2.75, 3.05) is 0 Å². The van der Waals surface area contributed by atoms with Gasteiger partial charge < -0.3 is 19.5 Å². The first-order chi connectivity index (χ1) is 24.0. The molecule has 0 aliphatic rings. The number of amides is 1. The van der Waals surface area contributed by atoms with Crippen molar-refractivity contribution in [3.63, 3.8) is 0 Å². The molecular weight excluding hydrogens is 656 g/mol. The van der Waals surface area contributed by atoms with Gasteiger partial charge in [-0.3, -0.25) is 19.7 Å². The van der Waals surface area contributed by atoms with Crippen LogP contribution in [0.3, 0.4) is 0 Å². The molecule has 0 fully saturated rings. The predicted molar refractivity (Wildman–Crippen MR) is 203 cm³/mol. The molecule has 2 atom stereocenters. The fourth-order valence-corrected chi connectivity index (χ4v) is 5.88. The lowest BCUT2D eigenvalue weighted by atomic mass is 9.75. The summed E-state index contributed by atoms with van der Waals surface area (Å²) in [6, 6.07) is 27.4. The Morgan fingerprint density at radius 1 is 0.538 bits per heavy atom. The number of carbonyl (C=O) groups excluding carboxylic acids is 4. The van der Waals surface area contributed by atoms with Gasteiger partial charge in [0.1, 0.15) is 28.9 Å². The molecule has 0 aromatic heterocycles. The maximum atomic E-state index is 14.3. The summed E-state index contributed by atoms with van der Waals surface area (Å²) in [7, 11) is 0. The van der Waals surface area contributed by atoms with Crippen LogP contribution in [0.4, 0.5) is 0 Å². The molecule has 0 aliphatic heterocycles. The summed E-state index contributed by atoms with van der Waals surface area (Å²) in [5.74, 6) is -2.19. The SMILES string of the molecule is CC(C)(C)OC(=O)CC[C@H](NC(=O)C(C)(C)C[C@H](NC(c1ccccc1)(c1ccccc1)c1ccccc1)C(=O)OC(C)(C)C)C(=O)OC(C)(C)C. The predicted octanol–water partition coefficient (Wildman–Crippen LogP) is 7.64. The topological polar surface area (TPSA) is 120 Å². The van der Waals surface area contributed by atoms with Crippen molar-refractivity contribution in [2.45, 2.75) is 130 Å². The summed E-state index contributed by atoms with van der Waals surface area (Å²) < 4.78 is 17.1. The molecule has 52 heavy (non-hydrogen) atoms. The van der Waals surface area contributed by atoms with E-state index in [2.05, 4.69) is 10.6 Å². The molecule has 9 heteroatoms. The first-order valence-electron chi connectivity index (χ1n) is 18.0. The summed E-state index contributed by atoms with van der Waals surface area (Å²) in [4.78, 5) is 54.5. The van der Waals surface area contributed by atoms with Crippen LogP contribution in [-0.4, -0.2) is 52.7 Å². The van der Waals surface area contributed by atoms with Crippen LogP contribution in [0.2, 0.25) is 0 Å². The summed E-state index contributed by atoms with van der Waals surface area (Å²) >= 11 is 0. The van der Waals surface area contributed by atoms with Gasteiger partial charge in [0.05, 0.1) is 5.54 Å². The average molecular weight is 715 g/mol. The van der Waals surface area contributed by atoms with E-state index in [0.29, 0.717) is 0 Å². The second-order valence-electron chi connectivity index (χ2n) is 16.9. The van der Waals surface area contributed by atoms with E-state index in [1.165, 1.54) is 0 Å². The van der Waals surface area contributed by atoms with Crippen molar-refractivity contribution in [3.05, 3.63) is 108 Å². The number of carbonyl (C=O) groups is 4. The Kier molecular flexibility index (Phi) is 13.6. The Morgan fingerprint density at radius 3 is 1.27 bits per heavy atom. The van der Waals surface area contributed by atoms with Crippen LogP contribution in [0.1, 0.15) is 112 Å². The quantitative estimate of drug-likeness (QED) is 0.0994. The summed E-state index contributed by atoms with van der Waals surface area (Å²) in [6.45, 7) is 19.3. The minimum absolute atomic E-state index is 0.00486. The zero-order valence-electron chi connectivity index (χ0n) is 32.8. The lowest BCUT2D eigenvalue weighted by Crippen LogP contribution is -2.56. The molecule has 0 heterocycles. The molecule has 2 N–H and O–H groups in total. The number of rotatable bonds is 14. The standard InChI is InChI=1S/C43H58N2O7/c1-39(2,3)50-35(46)28-27-33(36(47)51-40(4,5)6)44-38(49)42(10,11)29-34(37(48)52-41(7,8)9)45-43(30-21-15-12-16-22-30,31-23-17-13-18-24-31)32-25-19-14-20-26-32/h12-26,33-34,45H,27-29H2,1-11H3,(H,44,49)/t33-,34-/m0/s1. The molecule has 0 aliphatic carbocycles. The van der Waals surface area contributed by atoms with Crippen LogP contribution < -0.4 is 10.6 Å². The fourth-order valence-electron chi connectivity index (χ4n) is 5.88. The van der Waals surface area contributed by atoms with E-state index in [1.54, 1.807) is 76.2 Å². The number of nitrogens with one attached hydrogen (secondary N) is 2. The Labute approximate surface area is 310 Å². The molecular formula is C43H58N2O7. The van der Waals surface area contributed by atoms with Gasteiger partial charge in [0.2, 0.25) is 5.91 Å². The third-order valence-corrected chi connectivity index (χ3v) is 8.09. The van der Waals surface area contributed by atoms with Crippen molar-refractivity contribution in [1.82, 2.24) is 10.6 Å². The van der Waals surface area contributed by atoms with E-state index < -0.39 is 63.7 Å². The second-order valence-corrected chi connectivity index (χ2v) is 16.9. The highest BCUT2D eigenvalue weighted by atomic mass is 16.6. The van der Waals surface area contributed by atoms with Gasteiger partial charge in [0.25, 0.3) is 0 Å². The van der Waals surface area contributed by atoms with Crippen molar-refractivity contribution >= 4 is 23.8 Å². The highest BCUT2D eigenvalue weighted by molar-refractivity contribution is 5.89. The molecule has 3 aromatic rings. The summed E-state index contributed by atoms with van der Waals surface area (Å²) in [5, 5.41) is 6.56. The fraction of sp³-hybridized carbons (Fsp3) is 0.488. The lowest BCUT2D eigenvalue weighted by Gasteiger charge is -2.41. The van der Waals surface area contributed by atoms with Crippen LogP contribution in [0.5, 0.6) is 0 Å². The highest BCUT2D eigenvalue weighted by Crippen LogP contribution is 2.39. The van der Waals surface area contributed by atoms with Crippen molar-refractivity contribution in [1.29, 1.82) is 0 Å². The lowest BCUT2D eigenvalue weighted by molar-refractivity contribution is -0.162. The molecule has 0 saturated heterocycles. The Morgan fingerprint density at radius 2 is 0.904 bits per heavy atom. The maximum absolute atomic E-state index is 14.3. The van der Waals surface area contributed by atoms with Gasteiger partial charge in [-0.1, -0.05) is 105 Å². The number of hydrogen-bond acceptors (Lipinski definition) is 8. The Bertz CT molecular complexity index is 1540. The zero-order valence-corrected chi connectivity index (χ0v) is 32.8. The largest absolute Gasteiger partial charge is 0.460 e. The van der Waals surface area contributed by atoms with E-state index in [0.717, 1.165) is 16.7 Å². The van der Waals surface area contributed by atoms with Crippen molar-refractivity contribution < 1.29 is 33.4 Å². The average Bonchev–Trinajstić information content (AvgIpc) is 3.03. The van der Waals surface area contributed by atoms with Gasteiger partial charge in [-0.25, -0.2) is 4.79 Å². The highest BCUT2D eigenvalue weighted by Gasteiger charge is 2.44. The molecule has 9 nitrogen and oxygen atoms in total. The zero-order chi connectivity index (χ0) is 39.0. The number of hydrogen-bond donors (Lipinski definition) is 2. The Hall–Kier alpha value is -4.50. The van der Waals surface area contributed by atoms with Crippen LogP contribution in [0, 0.1) is 5.41 Å². The van der Waals surface area contributed by atoms with Gasteiger partial charge >= 0.3 is 17.9 Å². The normalized spacial score (nSPS) is 13.8. The number of esters is 3. The smallest absolute Gasteiger partial charge is 0.329 e. The molecule has 0 radical (unpaired) electrons. The number of benzene rings is 3. The summed E-state index contributed by atoms with van der Waals surface area (Å²) in [6.07, 6.45) is -0.147. The molecule has 3 aromatic carbocycles. The third kappa shape index (κ3) is 12.3. The van der Waals surface area contributed by atoms with Crippen LogP contribution in [-0.2, 0) is 38.9 Å². The van der Waals surface area contributed by atoms with E-state index >= 15 is 0 Å². The van der Waals surface area contributed by atoms with Crippen molar-refractivity contribution in [3.8, 4) is 0 Å². The van der Waals surface area contributed by atoms with Gasteiger partial charge in [-0.05, 0) is 91.8 Å². The van der Waals surface area contributed by atoms with E-state index in [-0.39, 0.29) is 19.3 Å². The number of ether oxygens (including phenoxy) is 3. The van der Waals surface area contributed by atoms with Gasteiger partial charge in [0.15, 0.2) is 0 Å². The van der Waals surface area contributed by atoms with Crippen LogP contribution in [0.15, 0.2) is 91.0 Å². The summed E-state index contributed by atoms with van der Waals surface area (Å²) in [5.41, 5.74) is -1.96. The molecule has 282 valence electrons. The van der Waals surface area contributed by atoms with E-state index in [1.807, 2.05) is 91.0 Å². The van der Waals surface area contributed by atoms with Crippen molar-refractivity contribution in [2.24, 2.45) is 5.41 Å². The molecule has 1 amide bonds.